The molecule has 5 heteroatoms. The van der Waals surface area contributed by atoms with Crippen LogP contribution in [0.3, 0.4) is 0 Å². The average molecular weight is 276 g/mol. The van der Waals surface area contributed by atoms with E-state index in [4.69, 9.17) is 23.2 Å². The highest BCUT2D eigenvalue weighted by molar-refractivity contribution is 8.00. The lowest BCUT2D eigenvalue weighted by Crippen LogP contribution is -2.22. The third kappa shape index (κ3) is 2.84. The van der Waals surface area contributed by atoms with E-state index in [1.165, 1.54) is 0 Å². The van der Waals surface area contributed by atoms with Crippen LogP contribution in [-0.4, -0.2) is 16.9 Å². The molecule has 2 rings (SSSR count). The second-order valence-electron chi connectivity index (χ2n) is 3.62. The summed E-state index contributed by atoms with van der Waals surface area (Å²) in [6, 6.07) is 5.11. The number of nitrogens with one attached hydrogen (secondary N) is 1. The molecule has 16 heavy (non-hydrogen) atoms. The molecule has 1 aliphatic rings. The second-order valence-corrected chi connectivity index (χ2v) is 5.74. The molecule has 1 atom stereocenters. The highest BCUT2D eigenvalue weighted by atomic mass is 35.5. The summed E-state index contributed by atoms with van der Waals surface area (Å²) in [5.74, 6) is 1.13. The summed E-state index contributed by atoms with van der Waals surface area (Å²) in [7, 11) is 0. The maximum atomic E-state index is 11.8. The van der Waals surface area contributed by atoms with Gasteiger partial charge in [0.25, 0.3) is 0 Å². The Labute approximate surface area is 109 Å². The summed E-state index contributed by atoms with van der Waals surface area (Å²) < 4.78 is 0. The number of rotatable bonds is 2. The zero-order chi connectivity index (χ0) is 11.5. The van der Waals surface area contributed by atoms with Crippen molar-refractivity contribution in [3.05, 3.63) is 28.2 Å². The molecule has 1 aromatic carbocycles. The van der Waals surface area contributed by atoms with E-state index in [0.717, 1.165) is 18.6 Å². The molecule has 0 spiro atoms. The van der Waals surface area contributed by atoms with Crippen LogP contribution in [0, 0.1) is 0 Å². The van der Waals surface area contributed by atoms with E-state index in [-0.39, 0.29) is 11.2 Å². The molecule has 1 unspecified atom stereocenters. The molecule has 1 fully saturated rings. The number of amides is 1. The summed E-state index contributed by atoms with van der Waals surface area (Å²) in [6.45, 7) is 0. The van der Waals surface area contributed by atoms with Gasteiger partial charge in [0.15, 0.2) is 0 Å². The van der Waals surface area contributed by atoms with Crippen molar-refractivity contribution in [3.8, 4) is 0 Å². The van der Waals surface area contributed by atoms with Gasteiger partial charge in [-0.05, 0) is 36.8 Å². The fourth-order valence-electron chi connectivity index (χ4n) is 1.58. The third-order valence-electron chi connectivity index (χ3n) is 2.41. The first-order chi connectivity index (χ1) is 7.66. The van der Waals surface area contributed by atoms with E-state index in [0.29, 0.717) is 15.7 Å². The van der Waals surface area contributed by atoms with Crippen molar-refractivity contribution < 1.29 is 4.79 Å². The van der Waals surface area contributed by atoms with Crippen LogP contribution in [0.2, 0.25) is 10.0 Å². The van der Waals surface area contributed by atoms with Crippen LogP contribution in [-0.2, 0) is 4.79 Å². The molecule has 2 nitrogen and oxygen atoms in total. The Balaban J connectivity index is 2.02. The molecule has 1 amide bonds. The molecule has 1 N–H and O–H groups in total. The van der Waals surface area contributed by atoms with E-state index < -0.39 is 0 Å². The largest absolute Gasteiger partial charge is 0.325 e. The van der Waals surface area contributed by atoms with Crippen LogP contribution in [0.1, 0.15) is 12.8 Å². The number of carbonyl (C=O) groups excluding carboxylic acids is 1. The minimum Gasteiger partial charge on any atom is -0.325 e. The van der Waals surface area contributed by atoms with E-state index in [1.54, 1.807) is 30.0 Å². The summed E-state index contributed by atoms with van der Waals surface area (Å²) in [6.07, 6.45) is 2.07. The van der Waals surface area contributed by atoms with Crippen LogP contribution < -0.4 is 5.32 Å². The molecule has 1 aliphatic heterocycles. The maximum absolute atomic E-state index is 11.8. The fourth-order valence-corrected chi connectivity index (χ4v) is 3.04. The molecule has 0 bridgehead atoms. The standard InChI is InChI=1S/C11H11Cl2NOS/c12-8-4-3-7(6-9(8)13)14-11(15)10-2-1-5-16-10/h3-4,6,10H,1-2,5H2,(H,14,15). The predicted octanol–water partition coefficient (Wildman–Crippen LogP) is 3.83. The summed E-state index contributed by atoms with van der Waals surface area (Å²) in [5.41, 5.74) is 0.701. The zero-order valence-electron chi connectivity index (χ0n) is 8.50. The monoisotopic (exact) mass is 275 g/mol. The predicted molar refractivity (Wildman–Crippen MR) is 70.6 cm³/mol. The Morgan fingerprint density at radius 2 is 2.19 bits per heavy atom. The topological polar surface area (TPSA) is 29.1 Å². The van der Waals surface area contributed by atoms with Gasteiger partial charge in [0.05, 0.1) is 15.3 Å². The molecule has 1 aromatic rings. The van der Waals surface area contributed by atoms with Gasteiger partial charge >= 0.3 is 0 Å². The number of hydrogen-bond donors (Lipinski definition) is 1. The van der Waals surface area contributed by atoms with Crippen molar-refractivity contribution >= 4 is 46.6 Å². The van der Waals surface area contributed by atoms with E-state index in [2.05, 4.69) is 5.32 Å². The van der Waals surface area contributed by atoms with Crippen LogP contribution in [0.25, 0.3) is 0 Å². The lowest BCUT2D eigenvalue weighted by Gasteiger charge is -2.10. The van der Waals surface area contributed by atoms with E-state index >= 15 is 0 Å². The van der Waals surface area contributed by atoms with Crippen molar-refractivity contribution in [1.29, 1.82) is 0 Å². The fraction of sp³-hybridized carbons (Fsp3) is 0.364. The number of carbonyl (C=O) groups is 1. The van der Waals surface area contributed by atoms with Gasteiger partial charge in [-0.3, -0.25) is 4.79 Å². The number of thioether (sulfide) groups is 1. The van der Waals surface area contributed by atoms with Gasteiger partial charge in [0.1, 0.15) is 0 Å². The Morgan fingerprint density at radius 1 is 1.38 bits per heavy atom. The lowest BCUT2D eigenvalue weighted by molar-refractivity contribution is -0.115. The number of hydrogen-bond acceptors (Lipinski definition) is 2. The normalized spacial score (nSPS) is 19.8. The Bertz CT molecular complexity index is 405. The molecule has 1 saturated heterocycles. The van der Waals surface area contributed by atoms with Gasteiger partial charge in [-0.15, -0.1) is 11.8 Å². The van der Waals surface area contributed by atoms with Gasteiger partial charge < -0.3 is 5.32 Å². The van der Waals surface area contributed by atoms with Gasteiger partial charge in [0, 0.05) is 5.69 Å². The molecule has 86 valence electrons. The Morgan fingerprint density at radius 3 is 2.81 bits per heavy atom. The third-order valence-corrected chi connectivity index (χ3v) is 4.52. The minimum absolute atomic E-state index is 0.0564. The van der Waals surface area contributed by atoms with E-state index in [9.17, 15) is 4.79 Å². The summed E-state index contributed by atoms with van der Waals surface area (Å²) >= 11 is 13.4. The van der Waals surface area contributed by atoms with Crippen molar-refractivity contribution in [2.75, 3.05) is 11.1 Å². The molecular formula is C11H11Cl2NOS. The average Bonchev–Trinajstić information content (AvgIpc) is 2.77. The van der Waals surface area contributed by atoms with Crippen LogP contribution in [0.4, 0.5) is 5.69 Å². The van der Waals surface area contributed by atoms with Crippen LogP contribution >= 0.6 is 35.0 Å². The number of benzene rings is 1. The molecular weight excluding hydrogens is 265 g/mol. The minimum atomic E-state index is 0.0564. The molecule has 0 aromatic heterocycles. The van der Waals surface area contributed by atoms with Crippen molar-refractivity contribution in [2.45, 2.75) is 18.1 Å². The van der Waals surface area contributed by atoms with Gasteiger partial charge in [-0.1, -0.05) is 23.2 Å². The quantitative estimate of drug-likeness (QED) is 0.889. The maximum Gasteiger partial charge on any atom is 0.237 e. The van der Waals surface area contributed by atoms with Crippen LogP contribution in [0.5, 0.6) is 0 Å². The van der Waals surface area contributed by atoms with Gasteiger partial charge in [0.2, 0.25) is 5.91 Å². The Kier molecular flexibility index (Phi) is 4.00. The highest BCUT2D eigenvalue weighted by Crippen LogP contribution is 2.29. The smallest absolute Gasteiger partial charge is 0.237 e. The van der Waals surface area contributed by atoms with Crippen molar-refractivity contribution in [2.24, 2.45) is 0 Å². The Hall–Kier alpha value is -0.380. The second kappa shape index (κ2) is 5.30. The summed E-state index contributed by atoms with van der Waals surface area (Å²) in [4.78, 5) is 11.8. The molecule has 0 aliphatic carbocycles. The summed E-state index contributed by atoms with van der Waals surface area (Å²) in [5, 5.41) is 3.88. The van der Waals surface area contributed by atoms with Gasteiger partial charge in [-0.25, -0.2) is 0 Å². The first kappa shape index (κ1) is 12.1. The highest BCUT2D eigenvalue weighted by Gasteiger charge is 2.23. The van der Waals surface area contributed by atoms with Crippen LogP contribution in [0.15, 0.2) is 18.2 Å². The van der Waals surface area contributed by atoms with Crippen molar-refractivity contribution in [3.63, 3.8) is 0 Å². The molecule has 1 heterocycles. The zero-order valence-corrected chi connectivity index (χ0v) is 10.8. The first-order valence-corrected chi connectivity index (χ1v) is 6.85. The van der Waals surface area contributed by atoms with Crippen molar-refractivity contribution in [1.82, 2.24) is 0 Å². The molecule has 0 radical (unpaired) electrons. The SMILES string of the molecule is O=C(Nc1ccc(Cl)c(Cl)c1)C1CCCS1. The number of halogens is 2. The molecule has 0 saturated carbocycles. The first-order valence-electron chi connectivity index (χ1n) is 5.04. The lowest BCUT2D eigenvalue weighted by atomic mass is 10.2. The van der Waals surface area contributed by atoms with E-state index in [1.807, 2.05) is 0 Å². The van der Waals surface area contributed by atoms with Gasteiger partial charge in [-0.2, -0.15) is 0 Å². The number of anilines is 1.